The minimum Gasteiger partial charge on any atom is -0.397 e. The lowest BCUT2D eigenvalue weighted by Gasteiger charge is -2.28. The standard InChI is InChI=1S/C23H21FN8/c24-19-15(13-10-14(25)12-26-11-13)4-5-16-18(19)21(31-30-16)23-28-20-17(6-7-27-22(20)29-23)32-8-2-1-3-9-32/h4-7,10-12H,1-3,8-9,25H2,(H,30,31)(H,27,28,29). The van der Waals surface area contributed by atoms with E-state index in [-0.39, 0.29) is 0 Å². The van der Waals surface area contributed by atoms with Crippen LogP contribution in [0.15, 0.2) is 42.9 Å². The third kappa shape index (κ3) is 2.96. The number of nitrogen functional groups attached to an aromatic ring is 1. The Morgan fingerprint density at radius 3 is 2.78 bits per heavy atom. The lowest BCUT2D eigenvalue weighted by molar-refractivity contribution is 0.578. The number of H-pyrrole nitrogens is 2. The van der Waals surface area contributed by atoms with Crippen molar-refractivity contribution in [1.82, 2.24) is 30.1 Å². The van der Waals surface area contributed by atoms with Crippen LogP contribution in [0.3, 0.4) is 0 Å². The van der Waals surface area contributed by atoms with Gasteiger partial charge in [-0.25, -0.2) is 14.4 Å². The molecule has 8 nitrogen and oxygen atoms in total. The van der Waals surface area contributed by atoms with Gasteiger partial charge in [-0.2, -0.15) is 5.10 Å². The smallest absolute Gasteiger partial charge is 0.180 e. The predicted octanol–water partition coefficient (Wildman–Crippen LogP) is 4.27. The van der Waals surface area contributed by atoms with Crippen molar-refractivity contribution in [2.45, 2.75) is 19.3 Å². The third-order valence-corrected chi connectivity index (χ3v) is 6.03. The topological polar surface area (TPSA) is 112 Å². The summed E-state index contributed by atoms with van der Waals surface area (Å²) in [5.41, 5.74) is 10.8. The minimum atomic E-state index is -0.400. The molecule has 5 heterocycles. The molecule has 0 unspecified atom stereocenters. The number of nitrogens with zero attached hydrogens (tertiary/aromatic N) is 5. The average molecular weight is 428 g/mol. The molecule has 9 heteroatoms. The number of imidazole rings is 1. The first-order valence-electron chi connectivity index (χ1n) is 10.7. The van der Waals surface area contributed by atoms with Crippen LogP contribution >= 0.6 is 0 Å². The molecule has 160 valence electrons. The van der Waals surface area contributed by atoms with Crippen molar-refractivity contribution in [3.05, 3.63) is 48.7 Å². The third-order valence-electron chi connectivity index (χ3n) is 6.03. The second-order valence-electron chi connectivity index (χ2n) is 8.09. The number of hydrogen-bond donors (Lipinski definition) is 3. The summed E-state index contributed by atoms with van der Waals surface area (Å²) in [6.07, 6.45) is 8.48. The Bertz CT molecular complexity index is 1450. The summed E-state index contributed by atoms with van der Waals surface area (Å²) < 4.78 is 15.7. The molecule has 0 atom stereocenters. The van der Waals surface area contributed by atoms with Crippen LogP contribution in [-0.4, -0.2) is 43.2 Å². The van der Waals surface area contributed by atoms with E-state index in [1.807, 2.05) is 6.07 Å². The Hall–Kier alpha value is -4.01. The van der Waals surface area contributed by atoms with Crippen LogP contribution < -0.4 is 10.6 Å². The van der Waals surface area contributed by atoms with Crippen LogP contribution in [0.25, 0.3) is 44.7 Å². The average Bonchev–Trinajstić information content (AvgIpc) is 3.44. The fourth-order valence-electron chi connectivity index (χ4n) is 4.48. The summed E-state index contributed by atoms with van der Waals surface area (Å²) >= 11 is 0. The number of anilines is 2. The van der Waals surface area contributed by atoms with Crippen LogP contribution in [-0.2, 0) is 0 Å². The maximum Gasteiger partial charge on any atom is 0.180 e. The molecule has 1 aromatic carbocycles. The highest BCUT2D eigenvalue weighted by Gasteiger charge is 2.22. The zero-order chi connectivity index (χ0) is 21.7. The van der Waals surface area contributed by atoms with Crippen molar-refractivity contribution < 1.29 is 4.39 Å². The molecule has 0 amide bonds. The molecule has 4 N–H and O–H groups in total. The fourth-order valence-corrected chi connectivity index (χ4v) is 4.48. The predicted molar refractivity (Wildman–Crippen MR) is 123 cm³/mol. The van der Waals surface area contributed by atoms with E-state index < -0.39 is 5.82 Å². The minimum absolute atomic E-state index is 0.364. The van der Waals surface area contributed by atoms with E-state index in [9.17, 15) is 0 Å². The van der Waals surface area contributed by atoms with Crippen molar-refractivity contribution in [3.8, 4) is 22.6 Å². The number of rotatable bonds is 3. The summed E-state index contributed by atoms with van der Waals surface area (Å²) in [5, 5.41) is 7.66. The summed E-state index contributed by atoms with van der Waals surface area (Å²) in [5.74, 6) is 0.0771. The van der Waals surface area contributed by atoms with Gasteiger partial charge in [0.1, 0.15) is 17.0 Å². The highest BCUT2D eigenvalue weighted by Crippen LogP contribution is 2.35. The molecule has 1 fully saturated rings. The first-order chi connectivity index (χ1) is 15.7. The van der Waals surface area contributed by atoms with E-state index in [4.69, 9.17) is 5.73 Å². The van der Waals surface area contributed by atoms with E-state index in [0.717, 1.165) is 24.3 Å². The molecule has 1 aliphatic heterocycles. The number of nitrogens with two attached hydrogens (primary N) is 1. The van der Waals surface area contributed by atoms with Crippen LogP contribution in [0, 0.1) is 5.82 Å². The number of nitrogens with one attached hydrogen (secondary N) is 2. The number of fused-ring (bicyclic) bond motifs is 2. The van der Waals surface area contributed by atoms with Gasteiger partial charge in [-0.05, 0) is 43.5 Å². The van der Waals surface area contributed by atoms with E-state index >= 15 is 4.39 Å². The Labute approximate surface area is 182 Å². The Morgan fingerprint density at radius 2 is 1.94 bits per heavy atom. The van der Waals surface area contributed by atoms with E-state index in [1.165, 1.54) is 25.5 Å². The number of aromatic amines is 2. The van der Waals surface area contributed by atoms with E-state index in [1.54, 1.807) is 30.6 Å². The molecular weight excluding hydrogens is 407 g/mol. The second kappa shape index (κ2) is 7.30. The molecule has 0 bridgehead atoms. The van der Waals surface area contributed by atoms with Gasteiger partial charge in [-0.3, -0.25) is 10.1 Å². The van der Waals surface area contributed by atoms with Gasteiger partial charge in [0.25, 0.3) is 0 Å². The lowest BCUT2D eigenvalue weighted by Crippen LogP contribution is -2.29. The van der Waals surface area contributed by atoms with E-state index in [2.05, 4.69) is 35.0 Å². The van der Waals surface area contributed by atoms with Gasteiger partial charge in [0.05, 0.1) is 22.3 Å². The number of halogens is 1. The normalized spacial score (nSPS) is 14.5. The number of aromatic nitrogens is 6. The van der Waals surface area contributed by atoms with Crippen LogP contribution in [0.1, 0.15) is 19.3 Å². The van der Waals surface area contributed by atoms with Gasteiger partial charge in [0.15, 0.2) is 11.5 Å². The van der Waals surface area contributed by atoms with Crippen molar-refractivity contribution in [2.75, 3.05) is 23.7 Å². The largest absolute Gasteiger partial charge is 0.397 e. The quantitative estimate of drug-likeness (QED) is 0.395. The summed E-state index contributed by atoms with van der Waals surface area (Å²) in [6.45, 7) is 2.01. The highest BCUT2D eigenvalue weighted by molar-refractivity contribution is 5.97. The molecule has 6 rings (SSSR count). The van der Waals surface area contributed by atoms with Crippen LogP contribution in [0.5, 0.6) is 0 Å². The zero-order valence-corrected chi connectivity index (χ0v) is 17.3. The maximum atomic E-state index is 15.7. The molecule has 0 radical (unpaired) electrons. The molecule has 32 heavy (non-hydrogen) atoms. The lowest BCUT2D eigenvalue weighted by atomic mass is 10.0. The number of piperidine rings is 1. The highest BCUT2D eigenvalue weighted by atomic mass is 19.1. The SMILES string of the molecule is Nc1cncc(-c2ccc3[nH]nc(-c4nc5nccc(N6CCCCC6)c5[nH]4)c3c2F)c1. The molecule has 1 saturated heterocycles. The summed E-state index contributed by atoms with van der Waals surface area (Å²) in [4.78, 5) is 18.9. The molecule has 0 spiro atoms. The first kappa shape index (κ1) is 18.7. The van der Waals surface area contributed by atoms with Crippen LogP contribution in [0.4, 0.5) is 15.8 Å². The zero-order valence-electron chi connectivity index (χ0n) is 17.3. The Morgan fingerprint density at radius 1 is 1.06 bits per heavy atom. The monoisotopic (exact) mass is 428 g/mol. The van der Waals surface area contributed by atoms with Gasteiger partial charge in [0, 0.05) is 42.8 Å². The van der Waals surface area contributed by atoms with Gasteiger partial charge < -0.3 is 15.6 Å². The molecule has 0 aliphatic carbocycles. The molecular formula is C23H21FN8. The van der Waals surface area contributed by atoms with Gasteiger partial charge in [-0.15, -0.1) is 0 Å². The van der Waals surface area contributed by atoms with Gasteiger partial charge in [-0.1, -0.05) is 0 Å². The Balaban J connectivity index is 1.50. The van der Waals surface area contributed by atoms with Crippen molar-refractivity contribution in [3.63, 3.8) is 0 Å². The molecule has 0 saturated carbocycles. The van der Waals surface area contributed by atoms with Crippen molar-refractivity contribution in [1.29, 1.82) is 0 Å². The number of benzene rings is 1. The maximum absolute atomic E-state index is 15.7. The van der Waals surface area contributed by atoms with Gasteiger partial charge >= 0.3 is 0 Å². The van der Waals surface area contributed by atoms with E-state index in [0.29, 0.717) is 44.9 Å². The summed E-state index contributed by atoms with van der Waals surface area (Å²) in [7, 11) is 0. The van der Waals surface area contributed by atoms with Crippen molar-refractivity contribution in [2.24, 2.45) is 0 Å². The molecule has 5 aromatic rings. The fraction of sp³-hybridized carbons (Fsp3) is 0.217. The Kier molecular flexibility index (Phi) is 4.27. The van der Waals surface area contributed by atoms with Crippen LogP contribution in [0.2, 0.25) is 0 Å². The first-order valence-corrected chi connectivity index (χ1v) is 10.7. The summed E-state index contributed by atoms with van der Waals surface area (Å²) in [6, 6.07) is 7.20. The molecule has 4 aromatic heterocycles. The second-order valence-corrected chi connectivity index (χ2v) is 8.09. The number of hydrogen-bond acceptors (Lipinski definition) is 6. The van der Waals surface area contributed by atoms with Gasteiger partial charge in [0.2, 0.25) is 0 Å². The number of pyridine rings is 2. The van der Waals surface area contributed by atoms with Crippen molar-refractivity contribution >= 4 is 33.4 Å². The molecule has 1 aliphatic rings.